The van der Waals surface area contributed by atoms with Crippen molar-refractivity contribution < 1.29 is 12.8 Å². The predicted octanol–water partition coefficient (Wildman–Crippen LogP) is 1.82. The first-order chi connectivity index (χ1) is 5.08. The van der Waals surface area contributed by atoms with E-state index in [1.165, 1.54) is 12.3 Å². The molecule has 5 heteroatoms. The van der Waals surface area contributed by atoms with Gasteiger partial charge in [-0.15, -0.1) is 0 Å². The van der Waals surface area contributed by atoms with Crippen LogP contribution in [0.5, 0.6) is 0 Å². The largest absolute Gasteiger partial charge is 0.465 e. The first-order valence-electron chi connectivity index (χ1n) is 2.74. The monoisotopic (exact) mass is 192 g/mol. The van der Waals surface area contributed by atoms with Crippen LogP contribution in [0.15, 0.2) is 28.2 Å². The molecule has 1 rings (SSSR count). The summed E-state index contributed by atoms with van der Waals surface area (Å²) in [6, 6.07) is 3.28. The molecule has 60 valence electrons. The minimum atomic E-state index is -3.57. The summed E-state index contributed by atoms with van der Waals surface area (Å²) in [5.74, 6) is 0.453. The maximum Gasteiger partial charge on any atom is 0.254 e. The van der Waals surface area contributed by atoms with E-state index in [0.29, 0.717) is 5.76 Å². The third-order valence-electron chi connectivity index (χ3n) is 0.938. The Morgan fingerprint density at radius 2 is 2.27 bits per heavy atom. The van der Waals surface area contributed by atoms with Crippen LogP contribution in [0.25, 0.3) is 6.08 Å². The molecule has 0 N–H and O–H groups in total. The van der Waals surface area contributed by atoms with Gasteiger partial charge in [-0.25, -0.2) is 8.42 Å². The highest BCUT2D eigenvalue weighted by Gasteiger charge is 1.96. The number of hydrogen-bond donors (Lipinski definition) is 0. The molecule has 3 nitrogen and oxygen atoms in total. The maximum atomic E-state index is 10.4. The standard InChI is InChI=1S/C6H5ClO3S/c7-11(8,9)5-3-6-2-1-4-10-6/h1-5H/b5-3+. The highest BCUT2D eigenvalue weighted by Crippen LogP contribution is 2.06. The smallest absolute Gasteiger partial charge is 0.254 e. The summed E-state index contributed by atoms with van der Waals surface area (Å²) in [5.41, 5.74) is 0. The zero-order chi connectivity index (χ0) is 8.32. The Balaban J connectivity index is 2.79. The summed E-state index contributed by atoms with van der Waals surface area (Å²) in [5, 5.41) is 0.868. The molecule has 0 aliphatic carbocycles. The van der Waals surface area contributed by atoms with Crippen LogP contribution in [0, 0.1) is 0 Å². The summed E-state index contributed by atoms with van der Waals surface area (Å²) in [6.45, 7) is 0. The topological polar surface area (TPSA) is 47.3 Å². The van der Waals surface area contributed by atoms with Gasteiger partial charge in [-0.05, 0) is 18.2 Å². The van der Waals surface area contributed by atoms with Crippen molar-refractivity contribution in [3.05, 3.63) is 29.6 Å². The predicted molar refractivity (Wildman–Crippen MR) is 42.5 cm³/mol. The van der Waals surface area contributed by atoms with E-state index in [1.54, 1.807) is 12.1 Å². The first-order valence-corrected chi connectivity index (χ1v) is 5.11. The zero-order valence-corrected chi connectivity index (χ0v) is 6.97. The fourth-order valence-corrected chi connectivity index (χ4v) is 0.985. The third-order valence-corrected chi connectivity index (χ3v) is 1.71. The Hall–Kier alpha value is -0.740. The van der Waals surface area contributed by atoms with E-state index >= 15 is 0 Å². The van der Waals surface area contributed by atoms with Gasteiger partial charge in [0.05, 0.1) is 6.26 Å². The van der Waals surface area contributed by atoms with Crippen molar-refractivity contribution >= 4 is 25.8 Å². The fraction of sp³-hybridized carbons (Fsp3) is 0. The zero-order valence-electron chi connectivity index (χ0n) is 5.40. The molecule has 1 aromatic heterocycles. The normalized spacial score (nSPS) is 12.5. The number of furan rings is 1. The number of halogens is 1. The molecular weight excluding hydrogens is 188 g/mol. The lowest BCUT2D eigenvalue weighted by atomic mass is 10.5. The molecule has 1 aromatic rings. The van der Waals surface area contributed by atoms with E-state index in [-0.39, 0.29) is 0 Å². The van der Waals surface area contributed by atoms with Gasteiger partial charge in [-0.3, -0.25) is 0 Å². The Morgan fingerprint density at radius 3 is 2.73 bits per heavy atom. The molecule has 0 aromatic carbocycles. The van der Waals surface area contributed by atoms with Crippen molar-refractivity contribution in [1.82, 2.24) is 0 Å². The van der Waals surface area contributed by atoms with Gasteiger partial charge in [0.25, 0.3) is 9.05 Å². The van der Waals surface area contributed by atoms with E-state index in [9.17, 15) is 8.42 Å². The minimum Gasteiger partial charge on any atom is -0.465 e. The molecule has 0 fully saturated rings. The van der Waals surface area contributed by atoms with Gasteiger partial charge >= 0.3 is 0 Å². The number of hydrogen-bond acceptors (Lipinski definition) is 3. The van der Waals surface area contributed by atoms with Crippen LogP contribution in [-0.2, 0) is 9.05 Å². The molecule has 0 radical (unpaired) electrons. The lowest BCUT2D eigenvalue weighted by molar-refractivity contribution is 0.557. The van der Waals surface area contributed by atoms with Crippen molar-refractivity contribution in [3.63, 3.8) is 0 Å². The van der Waals surface area contributed by atoms with Crippen LogP contribution in [0.4, 0.5) is 0 Å². The highest BCUT2D eigenvalue weighted by molar-refractivity contribution is 8.16. The molecule has 1 heterocycles. The van der Waals surface area contributed by atoms with Crippen molar-refractivity contribution in [3.8, 4) is 0 Å². The van der Waals surface area contributed by atoms with Crippen molar-refractivity contribution in [2.45, 2.75) is 0 Å². The molecule has 0 unspecified atom stereocenters. The second-order valence-corrected chi connectivity index (χ2v) is 4.31. The van der Waals surface area contributed by atoms with Crippen LogP contribution in [0.3, 0.4) is 0 Å². The lowest BCUT2D eigenvalue weighted by Gasteiger charge is -1.81. The van der Waals surface area contributed by atoms with Gasteiger partial charge in [0.15, 0.2) is 0 Å². The van der Waals surface area contributed by atoms with E-state index in [1.807, 2.05) is 0 Å². The average Bonchev–Trinajstić information content (AvgIpc) is 2.32. The SMILES string of the molecule is O=S(=O)(Cl)/C=C/c1ccco1. The summed E-state index contributed by atoms with van der Waals surface area (Å²) in [4.78, 5) is 0. The Morgan fingerprint density at radius 1 is 1.55 bits per heavy atom. The highest BCUT2D eigenvalue weighted by atomic mass is 35.7. The quantitative estimate of drug-likeness (QED) is 0.672. The van der Waals surface area contributed by atoms with Gasteiger partial charge in [0.2, 0.25) is 0 Å². The molecule has 0 bridgehead atoms. The lowest BCUT2D eigenvalue weighted by Crippen LogP contribution is -1.77. The van der Waals surface area contributed by atoms with Crippen LogP contribution < -0.4 is 0 Å². The van der Waals surface area contributed by atoms with Crippen LogP contribution >= 0.6 is 10.7 Å². The molecule has 0 atom stereocenters. The molecular formula is C6H5ClO3S. The molecule has 0 aliphatic rings. The van der Waals surface area contributed by atoms with Crippen LogP contribution in [0.1, 0.15) is 5.76 Å². The second kappa shape index (κ2) is 3.11. The van der Waals surface area contributed by atoms with E-state index in [0.717, 1.165) is 5.41 Å². The maximum absolute atomic E-state index is 10.4. The number of rotatable bonds is 2. The molecule has 11 heavy (non-hydrogen) atoms. The Kier molecular flexibility index (Phi) is 2.36. The summed E-state index contributed by atoms with van der Waals surface area (Å²) < 4.78 is 25.5. The van der Waals surface area contributed by atoms with Crippen molar-refractivity contribution in [2.24, 2.45) is 0 Å². The van der Waals surface area contributed by atoms with Gasteiger partial charge in [0.1, 0.15) is 5.76 Å². The molecule has 0 aliphatic heterocycles. The van der Waals surface area contributed by atoms with Gasteiger partial charge < -0.3 is 4.42 Å². The third kappa shape index (κ3) is 3.25. The molecule has 0 spiro atoms. The Bertz CT molecular complexity index is 336. The fourth-order valence-electron chi connectivity index (χ4n) is 0.534. The van der Waals surface area contributed by atoms with E-state index < -0.39 is 9.05 Å². The average molecular weight is 193 g/mol. The molecule has 0 saturated carbocycles. The second-order valence-electron chi connectivity index (χ2n) is 1.79. The molecule has 0 amide bonds. The van der Waals surface area contributed by atoms with Crippen molar-refractivity contribution in [2.75, 3.05) is 0 Å². The Labute approximate surface area is 68.7 Å². The van der Waals surface area contributed by atoms with Crippen LogP contribution in [-0.4, -0.2) is 8.42 Å². The minimum absolute atomic E-state index is 0.453. The summed E-state index contributed by atoms with van der Waals surface area (Å²) in [6.07, 6.45) is 2.73. The van der Waals surface area contributed by atoms with E-state index in [2.05, 4.69) is 0 Å². The van der Waals surface area contributed by atoms with Crippen molar-refractivity contribution in [1.29, 1.82) is 0 Å². The van der Waals surface area contributed by atoms with E-state index in [4.69, 9.17) is 15.1 Å². The van der Waals surface area contributed by atoms with Gasteiger partial charge in [-0.2, -0.15) is 0 Å². The summed E-state index contributed by atoms with van der Waals surface area (Å²) in [7, 11) is 1.33. The van der Waals surface area contributed by atoms with Crippen LogP contribution in [0.2, 0.25) is 0 Å². The first kappa shape index (κ1) is 8.36. The van der Waals surface area contributed by atoms with Gasteiger partial charge in [-0.1, -0.05) is 0 Å². The summed E-state index contributed by atoms with van der Waals surface area (Å²) >= 11 is 0. The van der Waals surface area contributed by atoms with Gasteiger partial charge in [0, 0.05) is 16.1 Å². The molecule has 0 saturated heterocycles.